The summed E-state index contributed by atoms with van der Waals surface area (Å²) in [5, 5.41) is 0. The van der Waals surface area contributed by atoms with Crippen molar-refractivity contribution in [3.8, 4) is 17.1 Å². The van der Waals surface area contributed by atoms with Gasteiger partial charge in [-0.25, -0.2) is 9.97 Å². The van der Waals surface area contributed by atoms with Crippen molar-refractivity contribution in [2.24, 2.45) is 0 Å². The van der Waals surface area contributed by atoms with Crippen LogP contribution in [-0.2, 0) is 6.54 Å². The summed E-state index contributed by atoms with van der Waals surface area (Å²) in [6, 6.07) is 25.2. The van der Waals surface area contributed by atoms with Crippen LogP contribution < -0.4 is 4.90 Å². The van der Waals surface area contributed by atoms with E-state index in [0.29, 0.717) is 0 Å². The molecular weight excluding hydrogens is 382 g/mol. The Morgan fingerprint density at radius 1 is 0.742 bits per heavy atom. The van der Waals surface area contributed by atoms with Crippen molar-refractivity contribution in [1.29, 1.82) is 0 Å². The molecule has 1 saturated heterocycles. The first-order chi connectivity index (χ1) is 15.3. The Morgan fingerprint density at radius 3 is 2.03 bits per heavy atom. The predicted octanol–water partition coefficient (Wildman–Crippen LogP) is 4.56. The van der Waals surface area contributed by atoms with Gasteiger partial charge in [0.15, 0.2) is 0 Å². The number of rotatable bonds is 5. The molecule has 4 aromatic rings. The molecule has 0 bridgehead atoms. The number of anilines is 1. The van der Waals surface area contributed by atoms with Gasteiger partial charge in [0.2, 0.25) is 0 Å². The van der Waals surface area contributed by atoms with E-state index in [9.17, 15) is 0 Å². The van der Waals surface area contributed by atoms with Crippen LogP contribution in [0.25, 0.3) is 17.1 Å². The summed E-state index contributed by atoms with van der Waals surface area (Å²) in [7, 11) is 0. The molecule has 0 radical (unpaired) electrons. The van der Waals surface area contributed by atoms with Gasteiger partial charge in [-0.1, -0.05) is 42.5 Å². The summed E-state index contributed by atoms with van der Waals surface area (Å²) >= 11 is 0. The zero-order valence-electron chi connectivity index (χ0n) is 17.9. The molecule has 31 heavy (non-hydrogen) atoms. The standard InChI is InChI=1S/C26H27N5/c1-21-19-23(20-29-15-17-30(18-16-29)24-11-5-7-13-27-24)26(22-9-3-2-4-10-22)31(21)25-12-6-8-14-28-25/h2-14,19H,15-18,20H2,1H3. The molecule has 5 nitrogen and oxygen atoms in total. The Labute approximate surface area is 183 Å². The van der Waals surface area contributed by atoms with Crippen molar-refractivity contribution in [1.82, 2.24) is 19.4 Å². The second-order valence-corrected chi connectivity index (χ2v) is 8.00. The van der Waals surface area contributed by atoms with Crippen LogP contribution in [0.5, 0.6) is 0 Å². The molecule has 0 aliphatic carbocycles. The van der Waals surface area contributed by atoms with Crippen molar-refractivity contribution in [3.63, 3.8) is 0 Å². The van der Waals surface area contributed by atoms with Crippen molar-refractivity contribution >= 4 is 5.82 Å². The lowest BCUT2D eigenvalue weighted by atomic mass is 10.1. The third kappa shape index (κ3) is 4.09. The van der Waals surface area contributed by atoms with Crippen molar-refractivity contribution in [2.45, 2.75) is 13.5 Å². The fourth-order valence-corrected chi connectivity index (χ4v) is 4.43. The van der Waals surface area contributed by atoms with Gasteiger partial charge in [-0.05, 0) is 48.4 Å². The summed E-state index contributed by atoms with van der Waals surface area (Å²) in [4.78, 5) is 14.1. The molecule has 156 valence electrons. The van der Waals surface area contributed by atoms with E-state index >= 15 is 0 Å². The van der Waals surface area contributed by atoms with E-state index in [2.05, 4.69) is 85.9 Å². The highest BCUT2D eigenvalue weighted by Crippen LogP contribution is 2.31. The van der Waals surface area contributed by atoms with Gasteiger partial charge in [0.1, 0.15) is 11.6 Å². The molecule has 1 aromatic carbocycles. The Hall–Kier alpha value is -3.44. The van der Waals surface area contributed by atoms with Gasteiger partial charge >= 0.3 is 0 Å². The Bertz CT molecular complexity index is 1110. The molecule has 5 rings (SSSR count). The number of hydrogen-bond donors (Lipinski definition) is 0. The second kappa shape index (κ2) is 8.74. The van der Waals surface area contributed by atoms with E-state index in [0.717, 1.165) is 44.4 Å². The molecule has 0 saturated carbocycles. The van der Waals surface area contributed by atoms with Gasteiger partial charge in [-0.2, -0.15) is 0 Å². The molecule has 0 amide bonds. The number of nitrogens with zero attached hydrogens (tertiary/aromatic N) is 5. The van der Waals surface area contributed by atoms with E-state index in [1.165, 1.54) is 22.5 Å². The average Bonchev–Trinajstić information content (AvgIpc) is 3.16. The van der Waals surface area contributed by atoms with Gasteiger partial charge in [0.05, 0.1) is 5.69 Å². The van der Waals surface area contributed by atoms with E-state index in [4.69, 9.17) is 0 Å². The monoisotopic (exact) mass is 409 g/mol. The van der Waals surface area contributed by atoms with Crippen LogP contribution in [-0.4, -0.2) is 45.6 Å². The molecule has 1 aliphatic heterocycles. The first-order valence-corrected chi connectivity index (χ1v) is 10.9. The second-order valence-electron chi connectivity index (χ2n) is 8.00. The van der Waals surface area contributed by atoms with Gasteiger partial charge in [-0.3, -0.25) is 9.47 Å². The van der Waals surface area contributed by atoms with Gasteiger partial charge in [0.25, 0.3) is 0 Å². The molecule has 1 fully saturated rings. The normalized spacial score (nSPS) is 14.7. The van der Waals surface area contributed by atoms with E-state index in [1.54, 1.807) is 0 Å². The van der Waals surface area contributed by atoms with E-state index in [1.807, 2.05) is 30.6 Å². The van der Waals surface area contributed by atoms with Crippen LogP contribution in [0.2, 0.25) is 0 Å². The summed E-state index contributed by atoms with van der Waals surface area (Å²) in [6.45, 7) is 7.15. The Morgan fingerprint density at radius 2 is 1.39 bits per heavy atom. The first kappa shape index (κ1) is 19.5. The minimum atomic E-state index is 0.932. The van der Waals surface area contributed by atoms with Gasteiger partial charge in [0, 0.05) is 50.8 Å². The highest BCUT2D eigenvalue weighted by molar-refractivity contribution is 5.67. The maximum absolute atomic E-state index is 4.64. The third-order valence-corrected chi connectivity index (χ3v) is 5.93. The highest BCUT2D eigenvalue weighted by atomic mass is 15.3. The van der Waals surface area contributed by atoms with Crippen molar-refractivity contribution in [3.05, 3.63) is 96.4 Å². The smallest absolute Gasteiger partial charge is 0.137 e. The van der Waals surface area contributed by atoms with Gasteiger partial charge in [-0.15, -0.1) is 0 Å². The third-order valence-electron chi connectivity index (χ3n) is 5.93. The molecule has 0 spiro atoms. The first-order valence-electron chi connectivity index (χ1n) is 10.9. The highest BCUT2D eigenvalue weighted by Gasteiger charge is 2.22. The van der Waals surface area contributed by atoms with Crippen LogP contribution >= 0.6 is 0 Å². The topological polar surface area (TPSA) is 37.2 Å². The van der Waals surface area contributed by atoms with Crippen molar-refractivity contribution < 1.29 is 0 Å². The number of aryl methyl sites for hydroxylation is 1. The quantitative estimate of drug-likeness (QED) is 0.484. The molecule has 4 heterocycles. The average molecular weight is 410 g/mol. The molecule has 3 aromatic heterocycles. The molecule has 0 unspecified atom stereocenters. The van der Waals surface area contributed by atoms with Crippen LogP contribution in [0.15, 0.2) is 85.2 Å². The number of hydrogen-bond acceptors (Lipinski definition) is 4. The summed E-state index contributed by atoms with van der Waals surface area (Å²) in [6.07, 6.45) is 3.73. The molecular formula is C26H27N5. The fourth-order valence-electron chi connectivity index (χ4n) is 4.43. The Balaban J connectivity index is 1.42. The lowest BCUT2D eigenvalue weighted by Gasteiger charge is -2.35. The molecule has 5 heteroatoms. The fraction of sp³-hybridized carbons (Fsp3) is 0.231. The minimum absolute atomic E-state index is 0.932. The van der Waals surface area contributed by atoms with E-state index in [-0.39, 0.29) is 0 Å². The molecule has 0 atom stereocenters. The van der Waals surface area contributed by atoms with Crippen LogP contribution in [0.3, 0.4) is 0 Å². The zero-order chi connectivity index (χ0) is 21.0. The SMILES string of the molecule is Cc1cc(CN2CCN(c3ccccn3)CC2)c(-c2ccccc2)n1-c1ccccn1. The molecule has 1 aliphatic rings. The van der Waals surface area contributed by atoms with Crippen LogP contribution in [0.1, 0.15) is 11.3 Å². The number of pyridine rings is 2. The van der Waals surface area contributed by atoms with Crippen LogP contribution in [0.4, 0.5) is 5.82 Å². The largest absolute Gasteiger partial charge is 0.354 e. The number of piperazine rings is 1. The summed E-state index contributed by atoms with van der Waals surface area (Å²) in [5.74, 6) is 2.04. The maximum Gasteiger partial charge on any atom is 0.137 e. The number of benzene rings is 1. The predicted molar refractivity (Wildman–Crippen MR) is 125 cm³/mol. The van der Waals surface area contributed by atoms with Gasteiger partial charge < -0.3 is 4.90 Å². The van der Waals surface area contributed by atoms with Crippen LogP contribution in [0, 0.1) is 6.92 Å². The maximum atomic E-state index is 4.64. The minimum Gasteiger partial charge on any atom is -0.354 e. The summed E-state index contributed by atoms with van der Waals surface area (Å²) in [5.41, 5.74) is 5.02. The lowest BCUT2D eigenvalue weighted by Crippen LogP contribution is -2.46. The zero-order valence-corrected chi connectivity index (χ0v) is 17.9. The summed E-state index contributed by atoms with van der Waals surface area (Å²) < 4.78 is 2.29. The lowest BCUT2D eigenvalue weighted by molar-refractivity contribution is 0.249. The van der Waals surface area contributed by atoms with E-state index < -0.39 is 0 Å². The van der Waals surface area contributed by atoms with Crippen molar-refractivity contribution in [2.75, 3.05) is 31.1 Å². The Kier molecular flexibility index (Phi) is 5.50. The number of aromatic nitrogens is 3. The molecule has 0 N–H and O–H groups in total.